The summed E-state index contributed by atoms with van der Waals surface area (Å²) in [5, 5.41) is 31.9. The van der Waals surface area contributed by atoms with Gasteiger partial charge in [-0.2, -0.15) is 0 Å². The van der Waals surface area contributed by atoms with Gasteiger partial charge in [-0.15, -0.1) is 0 Å². The van der Waals surface area contributed by atoms with Crippen LogP contribution >= 0.6 is 0 Å². The van der Waals surface area contributed by atoms with Crippen LogP contribution in [0.4, 0.5) is 0 Å². The molecule has 2 aromatic rings. The first-order chi connectivity index (χ1) is 18.0. The number of pyridine rings is 2. The Morgan fingerprint density at radius 1 is 1.03 bits per heavy atom. The lowest BCUT2D eigenvalue weighted by Gasteiger charge is -2.34. The van der Waals surface area contributed by atoms with Crippen molar-refractivity contribution in [1.82, 2.24) is 31.2 Å². The number of nitrogens with one attached hydrogen (secondary N) is 4. The van der Waals surface area contributed by atoms with Crippen LogP contribution in [-0.2, 0) is 20.8 Å². The van der Waals surface area contributed by atoms with E-state index in [9.17, 15) is 29.4 Å². The number of nitrogens with zero attached hydrogens (tertiary/aromatic N) is 2. The van der Waals surface area contributed by atoms with E-state index in [0.717, 1.165) is 0 Å². The van der Waals surface area contributed by atoms with E-state index in [1.807, 2.05) is 0 Å². The molecule has 204 valence electrons. The van der Waals surface area contributed by atoms with Crippen LogP contribution in [0, 0.1) is 11.8 Å². The van der Waals surface area contributed by atoms with Crippen molar-refractivity contribution in [1.29, 1.82) is 0 Å². The fraction of sp³-hybridized carbons (Fsp3) is 0.462. The molecule has 1 aliphatic rings. The minimum atomic E-state index is -1.33. The quantitative estimate of drug-likeness (QED) is 0.306. The third-order valence-electron chi connectivity index (χ3n) is 6.53. The predicted molar refractivity (Wildman–Crippen MR) is 137 cm³/mol. The number of aliphatic hydroxyl groups excluding tert-OH is 1. The van der Waals surface area contributed by atoms with Crippen LogP contribution in [0.1, 0.15) is 43.7 Å². The molecule has 1 aliphatic heterocycles. The monoisotopic (exact) mass is 526 g/mol. The molecule has 2 aromatic heterocycles. The fourth-order valence-corrected chi connectivity index (χ4v) is 4.22. The first-order valence-electron chi connectivity index (χ1n) is 12.4. The minimum Gasteiger partial charge on any atom is -0.505 e. The molecule has 12 nitrogen and oxygen atoms in total. The Bertz CT molecular complexity index is 1160. The number of rotatable bonds is 5. The number of aliphatic hydroxyl groups is 1. The number of aromatic hydroxyl groups is 1. The highest BCUT2D eigenvalue weighted by Gasteiger charge is 2.38. The topological polar surface area (TPSA) is 183 Å². The average Bonchev–Trinajstić information content (AvgIpc) is 2.88. The fourth-order valence-electron chi connectivity index (χ4n) is 4.22. The van der Waals surface area contributed by atoms with Gasteiger partial charge in [0.15, 0.2) is 5.69 Å². The average molecular weight is 527 g/mol. The van der Waals surface area contributed by atoms with Crippen molar-refractivity contribution in [3.8, 4) is 5.75 Å². The van der Waals surface area contributed by atoms with Crippen LogP contribution in [0.25, 0.3) is 0 Å². The molecule has 1 fully saturated rings. The van der Waals surface area contributed by atoms with Gasteiger partial charge < -0.3 is 31.5 Å². The number of carbonyl (C=O) groups is 4. The number of aromatic nitrogens is 2. The standard InChI is InChI=1S/C26H34N6O6/c1-13(2)19-24(36)29-15(4)20(32-26(38)21-18(33)8-6-10-28-21)25(37)30-17(11-16-7-5-9-27-12-16)22(34)14(3)23(35)31-19/h5-10,12-15,17,19-20,22,33-34H,11H2,1-4H3,(H,29,36)(H,30,37)(H,31,35)(H,32,38). The molecule has 6 unspecified atom stereocenters. The summed E-state index contributed by atoms with van der Waals surface area (Å²) in [6.07, 6.45) is 3.30. The Morgan fingerprint density at radius 3 is 2.37 bits per heavy atom. The van der Waals surface area contributed by atoms with Crippen molar-refractivity contribution in [2.75, 3.05) is 0 Å². The molecule has 3 rings (SSSR count). The van der Waals surface area contributed by atoms with E-state index < -0.39 is 59.8 Å². The molecule has 38 heavy (non-hydrogen) atoms. The van der Waals surface area contributed by atoms with Gasteiger partial charge in [0.25, 0.3) is 5.91 Å². The van der Waals surface area contributed by atoms with Crippen LogP contribution in [0.3, 0.4) is 0 Å². The van der Waals surface area contributed by atoms with Gasteiger partial charge in [-0.3, -0.25) is 24.2 Å². The summed E-state index contributed by atoms with van der Waals surface area (Å²) in [5.41, 5.74) is 0.412. The van der Waals surface area contributed by atoms with Gasteiger partial charge in [0.1, 0.15) is 17.8 Å². The molecule has 0 bridgehead atoms. The summed E-state index contributed by atoms with van der Waals surface area (Å²) in [7, 11) is 0. The Balaban J connectivity index is 1.99. The van der Waals surface area contributed by atoms with E-state index in [4.69, 9.17) is 0 Å². The Kier molecular flexibility index (Phi) is 9.35. The van der Waals surface area contributed by atoms with Crippen molar-refractivity contribution < 1.29 is 29.4 Å². The Labute approximate surface area is 220 Å². The lowest BCUT2D eigenvalue weighted by atomic mass is 9.91. The van der Waals surface area contributed by atoms with Crippen molar-refractivity contribution in [3.63, 3.8) is 0 Å². The summed E-state index contributed by atoms with van der Waals surface area (Å²) >= 11 is 0. The highest BCUT2D eigenvalue weighted by Crippen LogP contribution is 2.17. The largest absolute Gasteiger partial charge is 0.505 e. The van der Waals surface area contributed by atoms with Gasteiger partial charge in [0, 0.05) is 18.6 Å². The van der Waals surface area contributed by atoms with Gasteiger partial charge in [0.05, 0.1) is 24.1 Å². The zero-order valence-corrected chi connectivity index (χ0v) is 21.7. The molecule has 0 spiro atoms. The zero-order chi connectivity index (χ0) is 28.0. The smallest absolute Gasteiger partial charge is 0.274 e. The van der Waals surface area contributed by atoms with E-state index in [0.29, 0.717) is 5.56 Å². The van der Waals surface area contributed by atoms with Gasteiger partial charge in [-0.1, -0.05) is 26.8 Å². The molecule has 0 radical (unpaired) electrons. The first-order valence-corrected chi connectivity index (χ1v) is 12.4. The molecule has 0 aromatic carbocycles. The van der Waals surface area contributed by atoms with Crippen LogP contribution in [0.2, 0.25) is 0 Å². The van der Waals surface area contributed by atoms with Gasteiger partial charge in [-0.25, -0.2) is 4.98 Å². The van der Waals surface area contributed by atoms with Crippen LogP contribution < -0.4 is 21.3 Å². The molecular formula is C26H34N6O6. The molecule has 0 saturated carbocycles. The summed E-state index contributed by atoms with van der Waals surface area (Å²) in [4.78, 5) is 60.5. The van der Waals surface area contributed by atoms with Gasteiger partial charge in [0.2, 0.25) is 17.7 Å². The molecule has 1 saturated heterocycles. The molecule has 0 aliphatic carbocycles. The molecule has 6 atom stereocenters. The van der Waals surface area contributed by atoms with Crippen molar-refractivity contribution in [2.45, 2.75) is 64.4 Å². The van der Waals surface area contributed by atoms with E-state index in [-0.39, 0.29) is 23.8 Å². The summed E-state index contributed by atoms with van der Waals surface area (Å²) in [6, 6.07) is 2.08. The maximum absolute atomic E-state index is 13.6. The number of amides is 4. The van der Waals surface area contributed by atoms with E-state index >= 15 is 0 Å². The normalized spacial score (nSPS) is 26.8. The van der Waals surface area contributed by atoms with E-state index in [1.165, 1.54) is 32.2 Å². The third kappa shape index (κ3) is 6.82. The van der Waals surface area contributed by atoms with Crippen LogP contribution in [0.5, 0.6) is 5.75 Å². The van der Waals surface area contributed by atoms with Crippen molar-refractivity contribution in [3.05, 3.63) is 54.1 Å². The third-order valence-corrected chi connectivity index (χ3v) is 6.53. The highest BCUT2D eigenvalue weighted by molar-refractivity contribution is 5.98. The molecule has 6 N–H and O–H groups in total. The lowest BCUT2D eigenvalue weighted by Crippen LogP contribution is -2.64. The number of hydrogen-bond acceptors (Lipinski definition) is 8. The Morgan fingerprint density at radius 2 is 1.74 bits per heavy atom. The molecule has 12 heteroatoms. The van der Waals surface area contributed by atoms with Crippen LogP contribution in [0.15, 0.2) is 42.9 Å². The van der Waals surface area contributed by atoms with E-state index in [2.05, 4.69) is 31.2 Å². The number of carbonyl (C=O) groups excluding carboxylic acids is 4. The second-order valence-corrected chi connectivity index (χ2v) is 9.81. The summed E-state index contributed by atoms with van der Waals surface area (Å²) < 4.78 is 0. The van der Waals surface area contributed by atoms with Crippen molar-refractivity contribution >= 4 is 23.6 Å². The Hall–Kier alpha value is -4.06. The molecule has 3 heterocycles. The van der Waals surface area contributed by atoms with Gasteiger partial charge in [-0.05, 0) is 43.0 Å². The van der Waals surface area contributed by atoms with E-state index in [1.54, 1.807) is 38.4 Å². The zero-order valence-electron chi connectivity index (χ0n) is 21.7. The van der Waals surface area contributed by atoms with Crippen molar-refractivity contribution in [2.24, 2.45) is 11.8 Å². The number of hydrogen-bond donors (Lipinski definition) is 6. The maximum atomic E-state index is 13.6. The lowest BCUT2D eigenvalue weighted by molar-refractivity contribution is -0.136. The maximum Gasteiger partial charge on any atom is 0.274 e. The first kappa shape index (κ1) is 28.5. The second kappa shape index (κ2) is 12.5. The molecule has 4 amide bonds. The summed E-state index contributed by atoms with van der Waals surface area (Å²) in [5.74, 6) is -4.30. The summed E-state index contributed by atoms with van der Waals surface area (Å²) in [6.45, 7) is 6.54. The van der Waals surface area contributed by atoms with Crippen LogP contribution in [-0.4, -0.2) is 74.1 Å². The molecular weight excluding hydrogens is 492 g/mol. The SMILES string of the molecule is CC(C)C1NC(=O)C(C)C(O)C(Cc2cccnc2)NC(=O)C(NC(=O)c2ncccc2O)C(C)NC1=O. The second-order valence-electron chi connectivity index (χ2n) is 9.81. The highest BCUT2D eigenvalue weighted by atomic mass is 16.3. The predicted octanol–water partition coefficient (Wildman–Crippen LogP) is -0.336. The minimum absolute atomic E-state index is 0.147. The van der Waals surface area contributed by atoms with Gasteiger partial charge >= 0.3 is 0 Å².